The van der Waals surface area contributed by atoms with E-state index in [1.807, 2.05) is 30.3 Å². The fourth-order valence-electron chi connectivity index (χ4n) is 3.01. The minimum atomic E-state index is -0.672. The minimum absolute atomic E-state index is 0.0433. The van der Waals surface area contributed by atoms with Gasteiger partial charge in [0.25, 0.3) is 5.69 Å². The SMILES string of the molecule is CCOC(=O)C(/C=C1/CC(c2ccccc2)OC1=O)=C/c1ccccc1[N+](=O)[O-]. The number of carbonyl (C=O) groups excluding carboxylic acids is 2. The van der Waals surface area contributed by atoms with Crippen LogP contribution in [0.25, 0.3) is 6.08 Å². The second kappa shape index (κ2) is 8.97. The Morgan fingerprint density at radius 1 is 1.21 bits per heavy atom. The molecule has 0 saturated carbocycles. The molecule has 0 amide bonds. The van der Waals surface area contributed by atoms with Crippen molar-refractivity contribution in [2.45, 2.75) is 19.4 Å². The molecule has 1 aliphatic rings. The summed E-state index contributed by atoms with van der Waals surface area (Å²) in [5.41, 5.74) is 1.29. The Balaban J connectivity index is 1.97. The van der Waals surface area contributed by atoms with Crippen molar-refractivity contribution >= 4 is 23.7 Å². The number of esters is 2. The lowest BCUT2D eigenvalue weighted by atomic mass is 10.0. The second-order valence-electron chi connectivity index (χ2n) is 6.31. The molecule has 2 aromatic carbocycles. The molecule has 0 spiro atoms. The highest BCUT2D eigenvalue weighted by Gasteiger charge is 2.31. The average Bonchev–Trinajstić information content (AvgIpc) is 3.09. The van der Waals surface area contributed by atoms with Crippen molar-refractivity contribution < 1.29 is 24.0 Å². The Kier molecular flexibility index (Phi) is 6.19. The zero-order valence-electron chi connectivity index (χ0n) is 15.7. The molecule has 1 aliphatic heterocycles. The molecule has 0 N–H and O–H groups in total. The van der Waals surface area contributed by atoms with Crippen LogP contribution in [0.15, 0.2) is 71.8 Å². The molecule has 0 aromatic heterocycles. The maximum Gasteiger partial charge on any atom is 0.338 e. The summed E-state index contributed by atoms with van der Waals surface area (Å²) in [6, 6.07) is 15.3. The molecule has 0 aliphatic carbocycles. The number of hydrogen-bond donors (Lipinski definition) is 0. The van der Waals surface area contributed by atoms with Crippen LogP contribution in [0.2, 0.25) is 0 Å². The van der Waals surface area contributed by atoms with Crippen molar-refractivity contribution in [1.29, 1.82) is 0 Å². The molecule has 7 heteroatoms. The van der Waals surface area contributed by atoms with Gasteiger partial charge in [0, 0.05) is 18.1 Å². The predicted octanol–water partition coefficient (Wildman–Crippen LogP) is 4.16. The Bertz CT molecular complexity index is 993. The number of hydrogen-bond acceptors (Lipinski definition) is 6. The van der Waals surface area contributed by atoms with Gasteiger partial charge in [0.2, 0.25) is 0 Å². The van der Waals surface area contributed by atoms with Gasteiger partial charge in [0.15, 0.2) is 0 Å². The van der Waals surface area contributed by atoms with E-state index in [1.165, 1.54) is 30.4 Å². The highest BCUT2D eigenvalue weighted by molar-refractivity contribution is 6.01. The van der Waals surface area contributed by atoms with Crippen LogP contribution in [0.5, 0.6) is 0 Å². The smallest absolute Gasteiger partial charge is 0.338 e. The molecular weight excluding hydrogens is 374 g/mol. The van der Waals surface area contributed by atoms with Gasteiger partial charge in [0.05, 0.1) is 22.7 Å². The van der Waals surface area contributed by atoms with Crippen LogP contribution in [-0.2, 0) is 19.1 Å². The van der Waals surface area contributed by atoms with E-state index < -0.39 is 23.0 Å². The van der Waals surface area contributed by atoms with Gasteiger partial charge in [-0.05, 0) is 30.7 Å². The Morgan fingerprint density at radius 2 is 1.90 bits per heavy atom. The van der Waals surface area contributed by atoms with Gasteiger partial charge in [-0.3, -0.25) is 10.1 Å². The van der Waals surface area contributed by atoms with E-state index in [9.17, 15) is 19.7 Å². The van der Waals surface area contributed by atoms with Gasteiger partial charge in [0.1, 0.15) is 6.10 Å². The van der Waals surface area contributed by atoms with E-state index in [2.05, 4.69) is 0 Å². The first kappa shape index (κ1) is 20.0. The summed E-state index contributed by atoms with van der Waals surface area (Å²) in [5.74, 6) is -1.20. The normalized spacial score (nSPS) is 17.8. The number of carbonyl (C=O) groups is 2. The summed E-state index contributed by atoms with van der Waals surface area (Å²) in [7, 11) is 0. The van der Waals surface area contributed by atoms with Gasteiger partial charge in [-0.15, -0.1) is 0 Å². The topological polar surface area (TPSA) is 95.7 Å². The lowest BCUT2D eigenvalue weighted by Gasteiger charge is -2.07. The summed E-state index contributed by atoms with van der Waals surface area (Å²) < 4.78 is 10.5. The van der Waals surface area contributed by atoms with Gasteiger partial charge in [-0.1, -0.05) is 42.5 Å². The van der Waals surface area contributed by atoms with Gasteiger partial charge < -0.3 is 9.47 Å². The van der Waals surface area contributed by atoms with Crippen molar-refractivity contribution in [3.63, 3.8) is 0 Å². The Hall–Kier alpha value is -3.74. The molecule has 29 heavy (non-hydrogen) atoms. The van der Waals surface area contributed by atoms with Crippen LogP contribution in [0.3, 0.4) is 0 Å². The Labute approximate surface area is 167 Å². The maximum atomic E-state index is 12.4. The predicted molar refractivity (Wildman–Crippen MR) is 106 cm³/mol. The average molecular weight is 393 g/mol. The third-order valence-electron chi connectivity index (χ3n) is 4.37. The van der Waals surface area contributed by atoms with Gasteiger partial charge in [-0.25, -0.2) is 9.59 Å². The highest BCUT2D eigenvalue weighted by atomic mass is 16.6. The van der Waals surface area contributed by atoms with Crippen molar-refractivity contribution in [2.24, 2.45) is 0 Å². The molecule has 2 aromatic rings. The summed E-state index contributed by atoms with van der Waals surface area (Å²) in [4.78, 5) is 35.5. The monoisotopic (exact) mass is 393 g/mol. The van der Waals surface area contributed by atoms with Crippen molar-refractivity contribution in [3.8, 4) is 0 Å². The summed E-state index contributed by atoms with van der Waals surface area (Å²) >= 11 is 0. The fourth-order valence-corrected chi connectivity index (χ4v) is 3.01. The molecule has 1 saturated heterocycles. The van der Waals surface area contributed by atoms with Crippen LogP contribution in [0, 0.1) is 10.1 Å². The van der Waals surface area contributed by atoms with Gasteiger partial charge >= 0.3 is 11.9 Å². The van der Waals surface area contributed by atoms with Crippen LogP contribution < -0.4 is 0 Å². The molecule has 148 valence electrons. The Morgan fingerprint density at radius 3 is 2.59 bits per heavy atom. The van der Waals surface area contributed by atoms with Crippen LogP contribution >= 0.6 is 0 Å². The van der Waals surface area contributed by atoms with Crippen LogP contribution in [0.4, 0.5) is 5.69 Å². The van der Waals surface area contributed by atoms with E-state index >= 15 is 0 Å². The third kappa shape index (κ3) is 4.76. The maximum absolute atomic E-state index is 12.4. The molecule has 0 bridgehead atoms. The standard InChI is InChI=1S/C22H19NO6/c1-2-28-21(24)17(12-16-10-6-7-11-19(16)23(26)27)13-18-14-20(29-22(18)25)15-8-4-3-5-9-15/h3-13,20H,2,14H2,1H3/b17-12+,18-13-. The number of ether oxygens (including phenoxy) is 2. The van der Waals surface area contributed by atoms with Crippen LogP contribution in [-0.4, -0.2) is 23.5 Å². The lowest BCUT2D eigenvalue weighted by molar-refractivity contribution is -0.385. The first-order valence-electron chi connectivity index (χ1n) is 9.08. The van der Waals surface area contributed by atoms with E-state index in [-0.39, 0.29) is 29.9 Å². The molecule has 1 atom stereocenters. The van der Waals surface area contributed by atoms with E-state index in [4.69, 9.17) is 9.47 Å². The van der Waals surface area contributed by atoms with Crippen molar-refractivity contribution in [1.82, 2.24) is 0 Å². The summed E-state index contributed by atoms with van der Waals surface area (Å²) in [6.45, 7) is 1.79. The fraction of sp³-hybridized carbons (Fsp3) is 0.182. The zero-order valence-corrected chi connectivity index (χ0v) is 15.7. The quantitative estimate of drug-likeness (QED) is 0.317. The lowest BCUT2D eigenvalue weighted by Crippen LogP contribution is -2.08. The molecule has 1 fully saturated rings. The minimum Gasteiger partial charge on any atom is -0.462 e. The summed E-state index contributed by atoms with van der Waals surface area (Å²) in [6.07, 6.45) is 2.59. The largest absolute Gasteiger partial charge is 0.462 e. The molecule has 1 heterocycles. The highest BCUT2D eigenvalue weighted by Crippen LogP contribution is 2.34. The number of cyclic esters (lactones) is 1. The van der Waals surface area contributed by atoms with Crippen LogP contribution in [0.1, 0.15) is 30.6 Å². The second-order valence-corrected chi connectivity index (χ2v) is 6.31. The number of nitro groups is 1. The number of nitro benzene ring substituents is 1. The molecule has 3 rings (SSSR count). The van der Waals surface area contributed by atoms with E-state index in [0.717, 1.165) is 5.56 Å². The first-order chi connectivity index (χ1) is 14.0. The molecule has 7 nitrogen and oxygen atoms in total. The molecular formula is C22H19NO6. The van der Waals surface area contributed by atoms with Crippen molar-refractivity contribution in [2.75, 3.05) is 6.61 Å². The van der Waals surface area contributed by atoms with E-state index in [0.29, 0.717) is 5.57 Å². The number of rotatable bonds is 6. The number of nitrogens with zero attached hydrogens (tertiary/aromatic N) is 1. The zero-order chi connectivity index (χ0) is 20.8. The first-order valence-corrected chi connectivity index (χ1v) is 9.08. The molecule has 1 unspecified atom stereocenters. The molecule has 0 radical (unpaired) electrons. The summed E-state index contributed by atoms with van der Waals surface area (Å²) in [5, 5.41) is 11.3. The van der Waals surface area contributed by atoms with E-state index in [1.54, 1.807) is 13.0 Å². The third-order valence-corrected chi connectivity index (χ3v) is 4.37. The number of benzene rings is 2. The number of para-hydroxylation sites is 1. The van der Waals surface area contributed by atoms with Gasteiger partial charge in [-0.2, -0.15) is 0 Å². The van der Waals surface area contributed by atoms with Crippen molar-refractivity contribution in [3.05, 3.63) is 93.1 Å².